The van der Waals surface area contributed by atoms with Crippen LogP contribution >= 0.6 is 0 Å². The van der Waals surface area contributed by atoms with Crippen LogP contribution in [0.2, 0.25) is 13.4 Å². The van der Waals surface area contributed by atoms with Gasteiger partial charge in [0.15, 0.2) is 0 Å². The standard InChI is InChI=1S/C12H27Te/c1-6-7-8-13(9-11(2)3)10-12(4)5/h11-12H,6-10H2,1-5H3/q+1. The van der Waals surface area contributed by atoms with Gasteiger partial charge in [-0.3, -0.25) is 0 Å². The van der Waals surface area contributed by atoms with E-state index in [9.17, 15) is 0 Å². The van der Waals surface area contributed by atoms with Crippen molar-refractivity contribution in [3.05, 3.63) is 0 Å². The van der Waals surface area contributed by atoms with E-state index in [1.807, 2.05) is 0 Å². The summed E-state index contributed by atoms with van der Waals surface area (Å²) in [5, 5.41) is 0. The fourth-order valence-electron chi connectivity index (χ4n) is 1.53. The molecule has 0 amide bonds. The molecule has 13 heavy (non-hydrogen) atoms. The average molecular weight is 299 g/mol. The number of hydrogen-bond donors (Lipinski definition) is 0. The summed E-state index contributed by atoms with van der Waals surface area (Å²) in [5.41, 5.74) is 0. The van der Waals surface area contributed by atoms with Crippen LogP contribution in [0.3, 0.4) is 0 Å². The zero-order valence-electron chi connectivity index (χ0n) is 10.1. The average Bonchev–Trinajstić information content (AvgIpc) is 1.98. The maximum absolute atomic E-state index is 2.39. The molecular formula is C12H27Te+. The van der Waals surface area contributed by atoms with Crippen LogP contribution in [0, 0.1) is 11.8 Å². The van der Waals surface area contributed by atoms with Gasteiger partial charge in [-0.2, -0.15) is 0 Å². The van der Waals surface area contributed by atoms with Gasteiger partial charge in [0, 0.05) is 0 Å². The van der Waals surface area contributed by atoms with Gasteiger partial charge in [-0.25, -0.2) is 0 Å². The van der Waals surface area contributed by atoms with Gasteiger partial charge in [-0.05, 0) is 0 Å². The second kappa shape index (κ2) is 8.13. The SMILES string of the molecule is CCCC[Te+](CC(C)C)CC(C)C. The Kier molecular flexibility index (Phi) is 8.62. The Balaban J connectivity index is 3.73. The number of hydrogen-bond acceptors (Lipinski definition) is 0. The maximum atomic E-state index is 2.39. The summed E-state index contributed by atoms with van der Waals surface area (Å²) in [5.74, 6) is 1.90. The third-order valence-electron chi connectivity index (χ3n) is 1.92. The molecule has 0 saturated carbocycles. The van der Waals surface area contributed by atoms with Crippen molar-refractivity contribution in [1.82, 2.24) is 0 Å². The zero-order valence-corrected chi connectivity index (χ0v) is 12.4. The molecule has 0 heterocycles. The van der Waals surface area contributed by atoms with E-state index >= 15 is 0 Å². The van der Waals surface area contributed by atoms with Gasteiger partial charge in [-0.1, -0.05) is 0 Å². The van der Waals surface area contributed by atoms with E-state index in [2.05, 4.69) is 34.6 Å². The monoisotopic (exact) mass is 301 g/mol. The van der Waals surface area contributed by atoms with E-state index in [1.165, 1.54) is 12.8 Å². The van der Waals surface area contributed by atoms with Crippen LogP contribution in [-0.2, 0) is 0 Å². The molecule has 0 aliphatic rings. The van der Waals surface area contributed by atoms with E-state index in [-0.39, 0.29) is 0 Å². The first kappa shape index (κ1) is 13.8. The van der Waals surface area contributed by atoms with Gasteiger partial charge >= 0.3 is 92.3 Å². The molecule has 1 heteroatoms. The predicted octanol–water partition coefficient (Wildman–Crippen LogP) is 4.59. The van der Waals surface area contributed by atoms with Crippen LogP contribution in [0.4, 0.5) is 0 Å². The van der Waals surface area contributed by atoms with Crippen molar-refractivity contribution in [2.75, 3.05) is 0 Å². The van der Waals surface area contributed by atoms with Crippen LogP contribution < -0.4 is 0 Å². The van der Waals surface area contributed by atoms with Crippen LogP contribution in [-0.4, -0.2) is 19.6 Å². The Morgan fingerprint density at radius 2 is 1.38 bits per heavy atom. The quantitative estimate of drug-likeness (QED) is 0.603. The molecule has 0 saturated heterocycles. The number of rotatable bonds is 7. The topological polar surface area (TPSA) is 0 Å². The molecule has 0 aromatic carbocycles. The molecule has 0 fully saturated rings. The summed E-state index contributed by atoms with van der Waals surface area (Å²) in [6.45, 7) is 11.9. The fraction of sp³-hybridized carbons (Fsp3) is 1.00. The van der Waals surface area contributed by atoms with Gasteiger partial charge in [0.1, 0.15) is 0 Å². The minimum atomic E-state index is -0.670. The molecule has 0 unspecified atom stereocenters. The zero-order chi connectivity index (χ0) is 10.3. The molecule has 0 radical (unpaired) electrons. The summed E-state index contributed by atoms with van der Waals surface area (Å²) in [4.78, 5) is 0. The Hall–Kier alpha value is 0.790. The Morgan fingerprint density at radius 1 is 0.923 bits per heavy atom. The van der Waals surface area contributed by atoms with Crippen molar-refractivity contribution in [2.24, 2.45) is 11.8 Å². The van der Waals surface area contributed by atoms with E-state index in [1.54, 1.807) is 13.4 Å². The second-order valence-corrected chi connectivity index (χ2v) is 11.4. The second-order valence-electron chi connectivity index (χ2n) is 4.79. The van der Waals surface area contributed by atoms with E-state index < -0.39 is 19.6 Å². The predicted molar refractivity (Wildman–Crippen MR) is 64.8 cm³/mol. The molecule has 0 aromatic heterocycles. The summed E-state index contributed by atoms with van der Waals surface area (Å²) in [7, 11) is 0. The molecule has 0 aliphatic heterocycles. The third-order valence-corrected chi connectivity index (χ3v) is 10.9. The van der Waals surface area contributed by atoms with Crippen LogP contribution in [0.15, 0.2) is 0 Å². The molecule has 0 bridgehead atoms. The van der Waals surface area contributed by atoms with Crippen molar-refractivity contribution in [3.63, 3.8) is 0 Å². The van der Waals surface area contributed by atoms with Crippen molar-refractivity contribution < 1.29 is 0 Å². The fourth-order valence-corrected chi connectivity index (χ4v) is 10.2. The van der Waals surface area contributed by atoms with Crippen LogP contribution in [0.1, 0.15) is 47.5 Å². The van der Waals surface area contributed by atoms with E-state index in [4.69, 9.17) is 0 Å². The molecule has 0 rings (SSSR count). The molecule has 0 atom stereocenters. The first-order valence-electron chi connectivity index (χ1n) is 5.70. The van der Waals surface area contributed by atoms with Crippen LogP contribution in [0.5, 0.6) is 0 Å². The van der Waals surface area contributed by atoms with Gasteiger partial charge in [-0.15, -0.1) is 0 Å². The van der Waals surface area contributed by atoms with E-state index in [0.717, 1.165) is 11.8 Å². The molecule has 0 aromatic rings. The number of unbranched alkanes of at least 4 members (excludes halogenated alkanes) is 1. The Bertz CT molecular complexity index is 97.7. The van der Waals surface area contributed by atoms with Crippen LogP contribution in [0.25, 0.3) is 0 Å². The first-order chi connectivity index (χ1) is 6.06. The van der Waals surface area contributed by atoms with Crippen molar-refractivity contribution in [2.45, 2.75) is 60.9 Å². The van der Waals surface area contributed by atoms with Gasteiger partial charge < -0.3 is 0 Å². The summed E-state index contributed by atoms with van der Waals surface area (Å²) < 4.78 is 4.82. The molecule has 0 N–H and O–H groups in total. The Morgan fingerprint density at radius 3 is 1.69 bits per heavy atom. The molecule has 80 valence electrons. The van der Waals surface area contributed by atoms with E-state index in [0.29, 0.717) is 0 Å². The summed E-state index contributed by atoms with van der Waals surface area (Å²) in [6.07, 6.45) is 2.89. The van der Waals surface area contributed by atoms with Gasteiger partial charge in [0.25, 0.3) is 0 Å². The normalized spacial score (nSPS) is 12.0. The summed E-state index contributed by atoms with van der Waals surface area (Å²) >= 11 is -0.670. The van der Waals surface area contributed by atoms with Gasteiger partial charge in [0.2, 0.25) is 0 Å². The Labute approximate surface area is 92.1 Å². The summed E-state index contributed by atoms with van der Waals surface area (Å²) in [6, 6.07) is 0. The third kappa shape index (κ3) is 9.10. The van der Waals surface area contributed by atoms with Crippen molar-refractivity contribution >= 4 is 19.6 Å². The van der Waals surface area contributed by atoms with Gasteiger partial charge in [0.05, 0.1) is 0 Å². The minimum absolute atomic E-state index is 0.670. The molecule has 0 aliphatic carbocycles. The van der Waals surface area contributed by atoms with Crippen molar-refractivity contribution in [3.8, 4) is 0 Å². The molecule has 0 spiro atoms. The molecular weight excluding hydrogens is 272 g/mol. The molecule has 0 nitrogen and oxygen atoms in total. The van der Waals surface area contributed by atoms with Crippen molar-refractivity contribution in [1.29, 1.82) is 0 Å². The first-order valence-corrected chi connectivity index (χ1v) is 10.6.